The van der Waals surface area contributed by atoms with Crippen molar-refractivity contribution < 1.29 is 4.74 Å². The molecule has 0 fully saturated rings. The van der Waals surface area contributed by atoms with Crippen LogP contribution in [0, 0.1) is 0 Å². The molecule has 0 amide bonds. The molecule has 5 nitrogen and oxygen atoms in total. The summed E-state index contributed by atoms with van der Waals surface area (Å²) >= 11 is 3.20. The number of rotatable bonds is 5. The molecule has 23 heavy (non-hydrogen) atoms. The zero-order valence-electron chi connectivity index (χ0n) is 12.5. The molecular formula is C16H14N4OS2. The summed E-state index contributed by atoms with van der Waals surface area (Å²) in [4.78, 5) is 14.5. The fourth-order valence-electron chi connectivity index (χ4n) is 2.47. The number of nitrogens with zero attached hydrogens (tertiary/aromatic N) is 4. The van der Waals surface area contributed by atoms with Gasteiger partial charge in [-0.1, -0.05) is 12.1 Å². The molecule has 4 aromatic rings. The van der Waals surface area contributed by atoms with E-state index in [1.54, 1.807) is 36.5 Å². The van der Waals surface area contributed by atoms with Crippen LogP contribution in [0.1, 0.15) is 0 Å². The lowest BCUT2D eigenvalue weighted by atomic mass is 10.3. The summed E-state index contributed by atoms with van der Waals surface area (Å²) in [7, 11) is 1.71. The van der Waals surface area contributed by atoms with Gasteiger partial charge in [-0.2, -0.15) is 0 Å². The minimum absolute atomic E-state index is 0.644. The summed E-state index contributed by atoms with van der Waals surface area (Å²) < 4.78 is 7.43. The zero-order valence-corrected chi connectivity index (χ0v) is 14.1. The van der Waals surface area contributed by atoms with E-state index in [9.17, 15) is 0 Å². The average Bonchev–Trinajstić information content (AvgIpc) is 3.18. The highest BCUT2D eigenvalue weighted by atomic mass is 32.2. The summed E-state index contributed by atoms with van der Waals surface area (Å²) in [5, 5.41) is 4.98. The van der Waals surface area contributed by atoms with Gasteiger partial charge in [0.2, 0.25) is 0 Å². The molecule has 0 aliphatic rings. The van der Waals surface area contributed by atoms with Crippen molar-refractivity contribution in [3.8, 4) is 0 Å². The Hall–Kier alpha value is -1.96. The molecule has 116 valence electrons. The summed E-state index contributed by atoms with van der Waals surface area (Å²) in [5.41, 5.74) is 2.10. The molecule has 0 bridgehead atoms. The van der Waals surface area contributed by atoms with Gasteiger partial charge in [0.1, 0.15) is 16.2 Å². The number of hydrogen-bond donors (Lipinski definition) is 0. The number of thiophene rings is 1. The number of fused-ring (bicyclic) bond motifs is 2. The Morgan fingerprint density at radius 3 is 3.04 bits per heavy atom. The molecule has 0 N–H and O–H groups in total. The Morgan fingerprint density at radius 2 is 2.13 bits per heavy atom. The van der Waals surface area contributed by atoms with Gasteiger partial charge < -0.3 is 9.30 Å². The number of ether oxygens (including phenoxy) is 1. The second-order valence-electron chi connectivity index (χ2n) is 4.95. The molecule has 0 radical (unpaired) electrons. The quantitative estimate of drug-likeness (QED) is 0.516. The molecule has 4 rings (SSSR count). The maximum Gasteiger partial charge on any atom is 0.175 e. The number of benzene rings is 1. The second-order valence-corrected chi connectivity index (χ2v) is 6.80. The predicted octanol–water partition coefficient (Wildman–Crippen LogP) is 3.84. The third-order valence-corrected chi connectivity index (χ3v) is 5.39. The van der Waals surface area contributed by atoms with Crippen molar-refractivity contribution >= 4 is 44.3 Å². The molecule has 3 aromatic heterocycles. The van der Waals surface area contributed by atoms with Crippen molar-refractivity contribution in [3.63, 3.8) is 0 Å². The molecule has 0 aliphatic heterocycles. The van der Waals surface area contributed by atoms with E-state index in [0.717, 1.165) is 38.0 Å². The van der Waals surface area contributed by atoms with E-state index >= 15 is 0 Å². The molecule has 0 saturated heterocycles. The topological polar surface area (TPSA) is 52.8 Å². The maximum atomic E-state index is 5.25. The summed E-state index contributed by atoms with van der Waals surface area (Å²) in [6, 6.07) is 10.2. The van der Waals surface area contributed by atoms with Gasteiger partial charge in [0.25, 0.3) is 0 Å². The molecule has 0 spiro atoms. The number of methoxy groups -OCH3 is 1. The molecular weight excluding hydrogens is 328 g/mol. The summed E-state index contributed by atoms with van der Waals surface area (Å²) in [6.45, 7) is 1.41. The highest BCUT2D eigenvalue weighted by Crippen LogP contribution is 2.34. The van der Waals surface area contributed by atoms with Crippen molar-refractivity contribution in [3.05, 3.63) is 42.0 Å². The lowest BCUT2D eigenvalue weighted by Gasteiger charge is -2.08. The number of para-hydroxylation sites is 2. The first-order valence-corrected chi connectivity index (χ1v) is 8.86. The number of imidazole rings is 1. The Kier molecular flexibility index (Phi) is 3.99. The second kappa shape index (κ2) is 6.27. The van der Waals surface area contributed by atoms with Crippen LogP contribution >= 0.6 is 23.1 Å². The first kappa shape index (κ1) is 14.6. The minimum Gasteiger partial charge on any atom is -0.383 e. The monoisotopic (exact) mass is 342 g/mol. The third-order valence-electron chi connectivity index (χ3n) is 3.55. The van der Waals surface area contributed by atoms with Crippen molar-refractivity contribution in [2.24, 2.45) is 0 Å². The van der Waals surface area contributed by atoms with E-state index in [1.165, 1.54) is 0 Å². The SMILES string of the molecule is COCCn1c(Sc2ncnc3sccc23)nc2ccccc21. The number of hydrogen-bond acceptors (Lipinski definition) is 6. The molecule has 3 heterocycles. The van der Waals surface area contributed by atoms with Crippen LogP contribution in [-0.4, -0.2) is 33.2 Å². The molecule has 1 aromatic carbocycles. The summed E-state index contributed by atoms with van der Waals surface area (Å²) in [5.74, 6) is 0. The Labute approximate surface area is 141 Å². The smallest absolute Gasteiger partial charge is 0.175 e. The lowest BCUT2D eigenvalue weighted by Crippen LogP contribution is -2.05. The van der Waals surface area contributed by atoms with Crippen LogP contribution in [0.4, 0.5) is 0 Å². The average molecular weight is 342 g/mol. The van der Waals surface area contributed by atoms with Crippen LogP contribution in [0.5, 0.6) is 0 Å². The van der Waals surface area contributed by atoms with Crippen LogP contribution in [0.25, 0.3) is 21.3 Å². The van der Waals surface area contributed by atoms with Gasteiger partial charge in [-0.25, -0.2) is 15.0 Å². The van der Waals surface area contributed by atoms with Crippen LogP contribution in [-0.2, 0) is 11.3 Å². The Balaban J connectivity index is 1.80. The molecule has 7 heteroatoms. The van der Waals surface area contributed by atoms with E-state index in [-0.39, 0.29) is 0 Å². The van der Waals surface area contributed by atoms with Crippen LogP contribution in [0.15, 0.2) is 52.2 Å². The largest absolute Gasteiger partial charge is 0.383 e. The van der Waals surface area contributed by atoms with Crippen LogP contribution < -0.4 is 0 Å². The molecule has 0 atom stereocenters. The first-order chi connectivity index (χ1) is 11.4. The first-order valence-electron chi connectivity index (χ1n) is 7.17. The van der Waals surface area contributed by atoms with Crippen molar-refractivity contribution in [2.45, 2.75) is 16.7 Å². The maximum absolute atomic E-state index is 5.25. The molecule has 0 aliphatic carbocycles. The van der Waals surface area contributed by atoms with Crippen LogP contribution in [0.2, 0.25) is 0 Å². The van der Waals surface area contributed by atoms with Crippen molar-refractivity contribution in [1.82, 2.24) is 19.5 Å². The molecule has 0 saturated carbocycles. The van der Waals surface area contributed by atoms with E-state index in [4.69, 9.17) is 9.72 Å². The zero-order chi connectivity index (χ0) is 15.6. The van der Waals surface area contributed by atoms with E-state index < -0.39 is 0 Å². The van der Waals surface area contributed by atoms with E-state index in [0.29, 0.717) is 6.61 Å². The standard InChI is InChI=1S/C16H14N4OS2/c1-21-8-7-20-13-5-3-2-4-12(13)19-16(20)23-15-11-6-9-22-14(11)17-10-18-15/h2-6,9-10H,7-8H2,1H3. The highest BCUT2D eigenvalue weighted by Gasteiger charge is 2.14. The van der Waals surface area contributed by atoms with Gasteiger partial charge in [0.15, 0.2) is 5.16 Å². The van der Waals surface area contributed by atoms with E-state index in [1.807, 2.05) is 23.6 Å². The van der Waals surface area contributed by atoms with E-state index in [2.05, 4.69) is 26.7 Å². The van der Waals surface area contributed by atoms with Gasteiger partial charge in [-0.3, -0.25) is 0 Å². The van der Waals surface area contributed by atoms with Crippen LogP contribution in [0.3, 0.4) is 0 Å². The van der Waals surface area contributed by atoms with Gasteiger partial charge in [0, 0.05) is 19.0 Å². The third kappa shape index (κ3) is 2.71. The number of aromatic nitrogens is 4. The lowest BCUT2D eigenvalue weighted by molar-refractivity contribution is 0.186. The fraction of sp³-hybridized carbons (Fsp3) is 0.188. The van der Waals surface area contributed by atoms with Gasteiger partial charge >= 0.3 is 0 Å². The normalized spacial score (nSPS) is 11.5. The van der Waals surface area contributed by atoms with Gasteiger partial charge in [-0.15, -0.1) is 11.3 Å². The van der Waals surface area contributed by atoms with Crippen molar-refractivity contribution in [2.75, 3.05) is 13.7 Å². The fourth-order valence-corrected chi connectivity index (χ4v) is 4.25. The highest BCUT2D eigenvalue weighted by molar-refractivity contribution is 7.99. The Bertz CT molecular complexity index is 963. The van der Waals surface area contributed by atoms with Crippen molar-refractivity contribution in [1.29, 1.82) is 0 Å². The van der Waals surface area contributed by atoms with Gasteiger partial charge in [0.05, 0.1) is 17.6 Å². The minimum atomic E-state index is 0.644. The summed E-state index contributed by atoms with van der Waals surface area (Å²) in [6.07, 6.45) is 1.61. The predicted molar refractivity (Wildman–Crippen MR) is 93.1 cm³/mol. The Morgan fingerprint density at radius 1 is 1.22 bits per heavy atom. The molecule has 0 unspecified atom stereocenters. The van der Waals surface area contributed by atoms with Gasteiger partial charge in [-0.05, 0) is 35.3 Å².